The first-order valence-corrected chi connectivity index (χ1v) is 5.74. The maximum Gasteiger partial charge on any atom is 0.0638 e. The van der Waals surface area contributed by atoms with Crippen LogP contribution in [0.2, 0.25) is 0 Å². The van der Waals surface area contributed by atoms with Crippen LogP contribution in [-0.2, 0) is 4.74 Å². The first kappa shape index (κ1) is 10.4. The quantitative estimate of drug-likeness (QED) is 0.710. The van der Waals surface area contributed by atoms with Gasteiger partial charge < -0.3 is 15.6 Å². The molecule has 1 atom stereocenters. The van der Waals surface area contributed by atoms with Crippen LogP contribution in [0.25, 0.3) is 0 Å². The topological polar surface area (TPSA) is 55.5 Å². The zero-order valence-electron chi connectivity index (χ0n) is 8.74. The Hall–Kier alpha value is -0.120. The van der Waals surface area contributed by atoms with E-state index in [1.165, 1.54) is 19.3 Å². The van der Waals surface area contributed by atoms with Crippen molar-refractivity contribution < 1.29 is 9.84 Å². The molecule has 0 radical (unpaired) electrons. The van der Waals surface area contributed by atoms with E-state index in [4.69, 9.17) is 10.5 Å². The van der Waals surface area contributed by atoms with Crippen LogP contribution in [0.1, 0.15) is 32.1 Å². The number of rotatable bonds is 3. The fourth-order valence-corrected chi connectivity index (χ4v) is 2.65. The lowest BCUT2D eigenvalue weighted by molar-refractivity contribution is -0.0941. The Bertz CT molecular complexity index is 186. The van der Waals surface area contributed by atoms with Crippen LogP contribution in [0.15, 0.2) is 0 Å². The van der Waals surface area contributed by atoms with Gasteiger partial charge in [-0.1, -0.05) is 6.42 Å². The molecule has 0 spiro atoms. The molecule has 3 heteroatoms. The molecule has 1 heterocycles. The normalized spacial score (nSPS) is 29.6. The molecule has 0 aromatic carbocycles. The molecular weight excluding hydrogens is 178 g/mol. The maximum atomic E-state index is 10.3. The van der Waals surface area contributed by atoms with E-state index < -0.39 is 0 Å². The fourth-order valence-electron chi connectivity index (χ4n) is 2.65. The Morgan fingerprint density at radius 1 is 1.36 bits per heavy atom. The largest absolute Gasteiger partial charge is 0.392 e. The Kier molecular flexibility index (Phi) is 3.10. The standard InChI is InChI=1S/C11H21NO2/c12-8-11(4-6-14-7-5-11)10(13)9-2-1-3-9/h9-10,13H,1-8,12H2. The molecule has 2 aliphatic rings. The molecule has 14 heavy (non-hydrogen) atoms. The Labute approximate surface area is 85.6 Å². The molecular formula is C11H21NO2. The van der Waals surface area contributed by atoms with Gasteiger partial charge in [-0.3, -0.25) is 0 Å². The van der Waals surface area contributed by atoms with Crippen LogP contribution in [0.5, 0.6) is 0 Å². The van der Waals surface area contributed by atoms with Crippen LogP contribution in [0.4, 0.5) is 0 Å². The summed E-state index contributed by atoms with van der Waals surface area (Å²) in [5, 5.41) is 10.3. The first-order valence-electron chi connectivity index (χ1n) is 5.74. The highest BCUT2D eigenvalue weighted by atomic mass is 16.5. The number of aliphatic hydroxyl groups is 1. The van der Waals surface area contributed by atoms with Gasteiger partial charge >= 0.3 is 0 Å². The summed E-state index contributed by atoms with van der Waals surface area (Å²) >= 11 is 0. The lowest BCUT2D eigenvalue weighted by Gasteiger charge is -2.45. The van der Waals surface area contributed by atoms with E-state index in [0.717, 1.165) is 26.1 Å². The average molecular weight is 199 g/mol. The second-order valence-electron chi connectivity index (χ2n) is 4.81. The minimum atomic E-state index is -0.190. The SMILES string of the molecule is NCC1(C(O)C2CCC2)CCOCC1. The van der Waals surface area contributed by atoms with E-state index in [1.807, 2.05) is 0 Å². The van der Waals surface area contributed by atoms with Crippen LogP contribution >= 0.6 is 0 Å². The summed E-state index contributed by atoms with van der Waals surface area (Å²) in [6, 6.07) is 0. The van der Waals surface area contributed by atoms with Crippen LogP contribution in [0, 0.1) is 11.3 Å². The third-order valence-electron chi connectivity index (χ3n) is 4.12. The predicted molar refractivity (Wildman–Crippen MR) is 54.9 cm³/mol. The summed E-state index contributed by atoms with van der Waals surface area (Å²) in [7, 11) is 0. The molecule has 1 saturated carbocycles. The molecule has 2 rings (SSSR count). The van der Waals surface area contributed by atoms with E-state index >= 15 is 0 Å². The van der Waals surface area contributed by atoms with Crippen molar-refractivity contribution in [2.45, 2.75) is 38.2 Å². The van der Waals surface area contributed by atoms with E-state index in [0.29, 0.717) is 12.5 Å². The molecule has 3 N–H and O–H groups in total. The van der Waals surface area contributed by atoms with Gasteiger partial charge in [0.1, 0.15) is 0 Å². The van der Waals surface area contributed by atoms with Crippen molar-refractivity contribution in [3.05, 3.63) is 0 Å². The van der Waals surface area contributed by atoms with Crippen molar-refractivity contribution in [2.24, 2.45) is 17.1 Å². The molecule has 82 valence electrons. The summed E-state index contributed by atoms with van der Waals surface area (Å²) < 4.78 is 5.34. The highest BCUT2D eigenvalue weighted by Gasteiger charge is 2.43. The summed E-state index contributed by atoms with van der Waals surface area (Å²) in [4.78, 5) is 0. The molecule has 1 aliphatic carbocycles. The maximum absolute atomic E-state index is 10.3. The smallest absolute Gasteiger partial charge is 0.0638 e. The second-order valence-corrected chi connectivity index (χ2v) is 4.81. The van der Waals surface area contributed by atoms with Crippen molar-refractivity contribution in [3.63, 3.8) is 0 Å². The second kappa shape index (κ2) is 4.17. The number of aliphatic hydroxyl groups excluding tert-OH is 1. The summed E-state index contributed by atoms with van der Waals surface area (Å²) in [6.07, 6.45) is 5.32. The molecule has 2 fully saturated rings. The molecule has 0 amide bonds. The molecule has 0 aromatic rings. The molecule has 1 aliphatic heterocycles. The minimum Gasteiger partial charge on any atom is -0.392 e. The van der Waals surface area contributed by atoms with E-state index in [9.17, 15) is 5.11 Å². The molecule has 0 aromatic heterocycles. The lowest BCUT2D eigenvalue weighted by Crippen LogP contribution is -2.50. The van der Waals surface area contributed by atoms with Crippen molar-refractivity contribution in [1.29, 1.82) is 0 Å². The zero-order chi connectivity index (χ0) is 10.0. The molecule has 0 bridgehead atoms. The van der Waals surface area contributed by atoms with Gasteiger partial charge in [-0.05, 0) is 31.6 Å². The van der Waals surface area contributed by atoms with Gasteiger partial charge in [-0.25, -0.2) is 0 Å². The lowest BCUT2D eigenvalue weighted by atomic mass is 9.66. The van der Waals surface area contributed by atoms with Gasteiger partial charge in [-0.15, -0.1) is 0 Å². The highest BCUT2D eigenvalue weighted by Crippen LogP contribution is 2.42. The van der Waals surface area contributed by atoms with Crippen LogP contribution in [-0.4, -0.2) is 31.0 Å². The Morgan fingerprint density at radius 2 is 2.00 bits per heavy atom. The van der Waals surface area contributed by atoms with Crippen LogP contribution < -0.4 is 5.73 Å². The van der Waals surface area contributed by atoms with Gasteiger partial charge in [0.15, 0.2) is 0 Å². The average Bonchev–Trinajstić information content (AvgIpc) is 2.16. The van der Waals surface area contributed by atoms with Gasteiger partial charge in [0.25, 0.3) is 0 Å². The van der Waals surface area contributed by atoms with Crippen molar-refractivity contribution >= 4 is 0 Å². The Balaban J connectivity index is 2.01. The summed E-state index contributed by atoms with van der Waals surface area (Å²) in [5.74, 6) is 0.511. The predicted octanol–water partition coefficient (Wildman–Crippen LogP) is 0.903. The third-order valence-corrected chi connectivity index (χ3v) is 4.12. The monoisotopic (exact) mass is 199 g/mol. The van der Waals surface area contributed by atoms with E-state index in [-0.39, 0.29) is 11.5 Å². The van der Waals surface area contributed by atoms with Crippen molar-refractivity contribution in [2.75, 3.05) is 19.8 Å². The van der Waals surface area contributed by atoms with Crippen molar-refractivity contribution in [1.82, 2.24) is 0 Å². The Morgan fingerprint density at radius 3 is 2.43 bits per heavy atom. The van der Waals surface area contributed by atoms with Crippen molar-refractivity contribution in [3.8, 4) is 0 Å². The molecule has 3 nitrogen and oxygen atoms in total. The minimum absolute atomic E-state index is 0.0384. The molecule has 1 saturated heterocycles. The van der Waals surface area contributed by atoms with Gasteiger partial charge in [0.05, 0.1) is 6.10 Å². The molecule has 1 unspecified atom stereocenters. The number of nitrogens with two attached hydrogens (primary N) is 1. The fraction of sp³-hybridized carbons (Fsp3) is 1.00. The van der Waals surface area contributed by atoms with Gasteiger partial charge in [0.2, 0.25) is 0 Å². The number of ether oxygens (including phenoxy) is 1. The number of hydrogen-bond donors (Lipinski definition) is 2. The number of hydrogen-bond acceptors (Lipinski definition) is 3. The zero-order valence-corrected chi connectivity index (χ0v) is 8.74. The summed E-state index contributed by atoms with van der Waals surface area (Å²) in [6.45, 7) is 2.13. The van der Waals surface area contributed by atoms with E-state index in [2.05, 4.69) is 0 Å². The van der Waals surface area contributed by atoms with Gasteiger partial charge in [-0.2, -0.15) is 0 Å². The highest BCUT2D eigenvalue weighted by molar-refractivity contribution is 4.94. The van der Waals surface area contributed by atoms with Crippen LogP contribution in [0.3, 0.4) is 0 Å². The van der Waals surface area contributed by atoms with E-state index in [1.54, 1.807) is 0 Å². The first-order chi connectivity index (χ1) is 6.78. The third kappa shape index (κ3) is 1.69. The van der Waals surface area contributed by atoms with Gasteiger partial charge in [0, 0.05) is 25.2 Å². The summed E-state index contributed by atoms with van der Waals surface area (Å²) in [5.41, 5.74) is 5.80.